The summed E-state index contributed by atoms with van der Waals surface area (Å²) in [6.45, 7) is 0. The molecular weight excluding hydrogens is 323 g/mol. The van der Waals surface area contributed by atoms with Crippen LogP contribution in [0.4, 0.5) is 13.2 Å². The van der Waals surface area contributed by atoms with Gasteiger partial charge in [0.25, 0.3) is 5.91 Å². The largest absolute Gasteiger partial charge is 0.446 e. The van der Waals surface area contributed by atoms with Crippen LogP contribution in [0.2, 0.25) is 0 Å². The molecule has 23 heavy (non-hydrogen) atoms. The van der Waals surface area contributed by atoms with Gasteiger partial charge in [-0.25, -0.2) is 0 Å². The Morgan fingerprint density at radius 1 is 1.09 bits per heavy atom. The maximum atomic E-state index is 12.6. The van der Waals surface area contributed by atoms with Crippen LogP contribution in [0.5, 0.6) is 0 Å². The van der Waals surface area contributed by atoms with Crippen molar-refractivity contribution in [3.8, 4) is 0 Å². The first-order valence-corrected chi connectivity index (χ1v) is 7.99. The van der Waals surface area contributed by atoms with Crippen molar-refractivity contribution in [3.05, 3.63) is 65.2 Å². The SMILES string of the molecule is O=C(N[C@H]1CCc2ccccc21)c1ccccc1SC(F)(F)F. The standard InChI is InChI=1S/C17H14F3NOS/c18-17(19,20)23-15-8-4-3-7-13(15)16(22)21-14-10-9-11-5-1-2-6-12(11)14/h1-8,14H,9-10H2,(H,21,22)/t14-/m0/s1. The molecule has 6 heteroatoms. The zero-order valence-corrected chi connectivity index (χ0v) is 12.9. The van der Waals surface area contributed by atoms with Crippen molar-refractivity contribution in [2.75, 3.05) is 0 Å². The lowest BCUT2D eigenvalue weighted by atomic mass is 10.1. The maximum absolute atomic E-state index is 12.6. The predicted octanol–water partition coefficient (Wildman–Crippen LogP) is 4.72. The molecule has 0 saturated heterocycles. The van der Waals surface area contributed by atoms with Gasteiger partial charge in [0.1, 0.15) is 0 Å². The molecule has 3 rings (SSSR count). The fraction of sp³-hybridized carbons (Fsp3) is 0.235. The average molecular weight is 337 g/mol. The summed E-state index contributed by atoms with van der Waals surface area (Å²) in [7, 11) is 0. The Morgan fingerprint density at radius 2 is 1.78 bits per heavy atom. The third kappa shape index (κ3) is 3.69. The van der Waals surface area contributed by atoms with Crippen LogP contribution in [0.25, 0.3) is 0 Å². The lowest BCUT2D eigenvalue weighted by Gasteiger charge is -2.16. The Kier molecular flexibility index (Phi) is 4.35. The fourth-order valence-electron chi connectivity index (χ4n) is 2.81. The molecule has 0 unspecified atom stereocenters. The van der Waals surface area contributed by atoms with Gasteiger partial charge >= 0.3 is 5.51 Å². The number of rotatable bonds is 3. The number of amides is 1. The normalized spacial score (nSPS) is 16.9. The van der Waals surface area contributed by atoms with Gasteiger partial charge in [0.05, 0.1) is 11.6 Å². The van der Waals surface area contributed by atoms with Crippen molar-refractivity contribution >= 4 is 17.7 Å². The van der Waals surface area contributed by atoms with Gasteiger partial charge in [-0.1, -0.05) is 36.4 Å². The van der Waals surface area contributed by atoms with Crippen molar-refractivity contribution in [1.29, 1.82) is 0 Å². The molecule has 120 valence electrons. The zero-order chi connectivity index (χ0) is 16.4. The quantitative estimate of drug-likeness (QED) is 0.822. The minimum absolute atomic E-state index is 0.0548. The van der Waals surface area contributed by atoms with Gasteiger partial charge in [-0.15, -0.1) is 0 Å². The van der Waals surface area contributed by atoms with Gasteiger partial charge in [0.15, 0.2) is 0 Å². The van der Waals surface area contributed by atoms with Crippen molar-refractivity contribution < 1.29 is 18.0 Å². The van der Waals surface area contributed by atoms with E-state index in [1.54, 1.807) is 6.07 Å². The number of carbonyl (C=O) groups excluding carboxylic acids is 1. The summed E-state index contributed by atoms with van der Waals surface area (Å²) in [6, 6.07) is 13.4. The van der Waals surface area contributed by atoms with E-state index in [9.17, 15) is 18.0 Å². The van der Waals surface area contributed by atoms with Gasteiger partial charge in [-0.05, 0) is 47.9 Å². The number of benzene rings is 2. The summed E-state index contributed by atoms with van der Waals surface area (Å²) in [5.41, 5.74) is -2.15. The second-order valence-corrected chi connectivity index (χ2v) is 6.41. The molecule has 2 aromatic rings. The highest BCUT2D eigenvalue weighted by atomic mass is 32.2. The van der Waals surface area contributed by atoms with Gasteiger partial charge in [-0.3, -0.25) is 4.79 Å². The molecule has 1 aliphatic rings. The number of nitrogens with one attached hydrogen (secondary N) is 1. The third-order valence-corrected chi connectivity index (χ3v) is 4.60. The van der Waals surface area contributed by atoms with Crippen molar-refractivity contribution in [1.82, 2.24) is 5.32 Å². The first-order chi connectivity index (χ1) is 10.9. The Labute approximate surface area is 136 Å². The van der Waals surface area contributed by atoms with E-state index in [2.05, 4.69) is 5.32 Å². The molecule has 2 nitrogen and oxygen atoms in total. The highest BCUT2D eigenvalue weighted by molar-refractivity contribution is 8.00. The van der Waals surface area contributed by atoms with Crippen LogP contribution >= 0.6 is 11.8 Å². The molecule has 1 atom stereocenters. The summed E-state index contributed by atoms with van der Waals surface area (Å²) < 4.78 is 37.9. The van der Waals surface area contributed by atoms with Crippen LogP contribution in [0.1, 0.15) is 33.9 Å². The van der Waals surface area contributed by atoms with Crippen molar-refractivity contribution in [3.63, 3.8) is 0 Å². The van der Waals surface area contributed by atoms with Crippen LogP contribution in [-0.4, -0.2) is 11.4 Å². The van der Waals surface area contributed by atoms with Crippen LogP contribution in [0.15, 0.2) is 53.4 Å². The van der Waals surface area contributed by atoms with Crippen molar-refractivity contribution in [2.45, 2.75) is 29.3 Å². The van der Waals surface area contributed by atoms with E-state index >= 15 is 0 Å². The monoisotopic (exact) mass is 337 g/mol. The number of thioether (sulfide) groups is 1. The zero-order valence-electron chi connectivity index (χ0n) is 12.1. The average Bonchev–Trinajstić information content (AvgIpc) is 2.89. The molecule has 0 saturated carbocycles. The van der Waals surface area contributed by atoms with E-state index in [4.69, 9.17) is 0 Å². The van der Waals surface area contributed by atoms with E-state index in [0.717, 1.165) is 18.4 Å². The Hall–Kier alpha value is -1.95. The molecular formula is C17H14F3NOS. The summed E-state index contributed by atoms with van der Waals surface area (Å²) >= 11 is -0.262. The predicted molar refractivity (Wildman–Crippen MR) is 83.3 cm³/mol. The molecule has 0 fully saturated rings. The Balaban J connectivity index is 1.80. The minimum atomic E-state index is -4.42. The number of carbonyl (C=O) groups is 1. The molecule has 0 bridgehead atoms. The summed E-state index contributed by atoms with van der Waals surface area (Å²) in [4.78, 5) is 12.3. The Morgan fingerprint density at radius 3 is 2.57 bits per heavy atom. The van der Waals surface area contributed by atoms with Gasteiger partial charge in [0.2, 0.25) is 0 Å². The summed E-state index contributed by atoms with van der Waals surface area (Å²) in [5.74, 6) is -0.473. The smallest absolute Gasteiger partial charge is 0.345 e. The third-order valence-electron chi connectivity index (χ3n) is 3.80. The molecule has 0 aromatic heterocycles. The molecule has 0 radical (unpaired) electrons. The first-order valence-electron chi connectivity index (χ1n) is 7.17. The van der Waals surface area contributed by atoms with E-state index in [0.29, 0.717) is 0 Å². The number of hydrogen-bond acceptors (Lipinski definition) is 2. The van der Waals surface area contributed by atoms with Crippen LogP contribution in [0, 0.1) is 0 Å². The highest BCUT2D eigenvalue weighted by Crippen LogP contribution is 2.39. The maximum Gasteiger partial charge on any atom is 0.446 e. The molecule has 0 heterocycles. The summed E-state index contributed by atoms with van der Waals surface area (Å²) in [6.07, 6.45) is 1.62. The van der Waals surface area contributed by atoms with Crippen LogP contribution < -0.4 is 5.32 Å². The van der Waals surface area contributed by atoms with E-state index in [1.165, 1.54) is 23.8 Å². The van der Waals surface area contributed by atoms with E-state index in [1.807, 2.05) is 24.3 Å². The topological polar surface area (TPSA) is 29.1 Å². The second kappa shape index (κ2) is 6.28. The molecule has 0 aliphatic heterocycles. The van der Waals surface area contributed by atoms with Crippen molar-refractivity contribution in [2.24, 2.45) is 0 Å². The summed E-state index contributed by atoms with van der Waals surface area (Å²) in [5, 5.41) is 2.86. The van der Waals surface area contributed by atoms with Gasteiger partial charge in [0, 0.05) is 4.90 Å². The number of halogens is 3. The van der Waals surface area contributed by atoms with Crippen LogP contribution in [0.3, 0.4) is 0 Å². The van der Waals surface area contributed by atoms with E-state index < -0.39 is 11.4 Å². The number of fused-ring (bicyclic) bond motifs is 1. The first kappa shape index (κ1) is 15.9. The van der Waals surface area contributed by atoms with Gasteiger partial charge in [-0.2, -0.15) is 13.2 Å². The number of hydrogen-bond donors (Lipinski definition) is 1. The highest BCUT2D eigenvalue weighted by Gasteiger charge is 2.32. The lowest BCUT2D eigenvalue weighted by Crippen LogP contribution is -2.27. The van der Waals surface area contributed by atoms with Crippen LogP contribution in [-0.2, 0) is 6.42 Å². The molecule has 1 amide bonds. The minimum Gasteiger partial charge on any atom is -0.345 e. The van der Waals surface area contributed by atoms with E-state index in [-0.39, 0.29) is 28.3 Å². The lowest BCUT2D eigenvalue weighted by molar-refractivity contribution is -0.0328. The molecule has 1 N–H and O–H groups in total. The second-order valence-electron chi connectivity index (χ2n) is 5.31. The number of aryl methyl sites for hydroxylation is 1. The number of alkyl halides is 3. The fourth-order valence-corrected chi connectivity index (χ4v) is 3.48. The van der Waals surface area contributed by atoms with Gasteiger partial charge < -0.3 is 5.32 Å². The molecule has 1 aliphatic carbocycles. The Bertz CT molecular complexity index is 730. The molecule has 2 aromatic carbocycles. The molecule has 0 spiro atoms.